The van der Waals surface area contributed by atoms with E-state index in [9.17, 15) is 4.79 Å². The molecular formula is C11H23NO2. The molecule has 2 N–H and O–H groups in total. The molecule has 0 aliphatic carbocycles. The van der Waals surface area contributed by atoms with Crippen molar-refractivity contribution in [2.75, 3.05) is 6.54 Å². The third-order valence-electron chi connectivity index (χ3n) is 2.21. The van der Waals surface area contributed by atoms with Crippen LogP contribution in [0.3, 0.4) is 0 Å². The molecule has 0 bridgehead atoms. The summed E-state index contributed by atoms with van der Waals surface area (Å²) in [6.45, 7) is 4.37. The van der Waals surface area contributed by atoms with E-state index in [-0.39, 0.29) is 5.91 Å². The lowest BCUT2D eigenvalue weighted by Crippen LogP contribution is -2.33. The number of nitrogens with one attached hydrogen (secondary N) is 1. The molecule has 0 saturated heterocycles. The van der Waals surface area contributed by atoms with Crippen LogP contribution in [0.1, 0.15) is 52.4 Å². The largest absolute Gasteiger partial charge is 0.384 e. The monoisotopic (exact) mass is 201 g/mol. The van der Waals surface area contributed by atoms with Gasteiger partial charge < -0.3 is 10.4 Å². The van der Waals surface area contributed by atoms with Crippen LogP contribution in [0.2, 0.25) is 0 Å². The smallest absolute Gasteiger partial charge is 0.248 e. The van der Waals surface area contributed by atoms with Crippen LogP contribution in [0.5, 0.6) is 0 Å². The average molecular weight is 201 g/mol. The van der Waals surface area contributed by atoms with Gasteiger partial charge in [0.1, 0.15) is 6.10 Å². The summed E-state index contributed by atoms with van der Waals surface area (Å²) in [6.07, 6.45) is 6.41. The topological polar surface area (TPSA) is 49.3 Å². The SMILES string of the molecule is CCCCCCCCNC(=O)[C@H](C)O. The molecule has 3 nitrogen and oxygen atoms in total. The van der Waals surface area contributed by atoms with E-state index in [1.807, 2.05) is 0 Å². The van der Waals surface area contributed by atoms with Gasteiger partial charge in [-0.2, -0.15) is 0 Å². The summed E-state index contributed by atoms with van der Waals surface area (Å²) in [4.78, 5) is 10.9. The van der Waals surface area contributed by atoms with Crippen molar-refractivity contribution in [2.24, 2.45) is 0 Å². The molecule has 0 saturated carbocycles. The number of aliphatic hydroxyl groups is 1. The molecule has 0 aromatic heterocycles. The van der Waals surface area contributed by atoms with Crippen molar-refractivity contribution in [1.29, 1.82) is 0 Å². The molecule has 3 heteroatoms. The Kier molecular flexibility index (Phi) is 8.64. The van der Waals surface area contributed by atoms with Gasteiger partial charge in [-0.3, -0.25) is 4.79 Å². The second-order valence-corrected chi connectivity index (χ2v) is 3.73. The fourth-order valence-corrected chi connectivity index (χ4v) is 1.26. The Labute approximate surface area is 86.9 Å². The first kappa shape index (κ1) is 13.4. The van der Waals surface area contributed by atoms with Gasteiger partial charge in [-0.25, -0.2) is 0 Å². The Morgan fingerprint density at radius 2 is 1.79 bits per heavy atom. The Morgan fingerprint density at radius 1 is 1.21 bits per heavy atom. The summed E-state index contributed by atoms with van der Waals surface area (Å²) in [5.74, 6) is -0.265. The zero-order valence-electron chi connectivity index (χ0n) is 9.38. The standard InChI is InChI=1S/C11H23NO2/c1-3-4-5-6-7-8-9-12-11(14)10(2)13/h10,13H,3-9H2,1-2H3,(H,12,14)/t10-/m0/s1. The summed E-state index contributed by atoms with van der Waals surface area (Å²) in [5.41, 5.74) is 0. The molecular weight excluding hydrogens is 178 g/mol. The molecule has 14 heavy (non-hydrogen) atoms. The normalized spacial score (nSPS) is 12.5. The molecule has 1 atom stereocenters. The Bertz CT molecular complexity index is 146. The highest BCUT2D eigenvalue weighted by molar-refractivity contribution is 5.79. The van der Waals surface area contributed by atoms with Gasteiger partial charge in [-0.1, -0.05) is 39.0 Å². The first-order chi connectivity index (χ1) is 6.68. The van der Waals surface area contributed by atoms with Gasteiger partial charge in [0.05, 0.1) is 0 Å². The van der Waals surface area contributed by atoms with Crippen molar-refractivity contribution in [1.82, 2.24) is 5.32 Å². The minimum absolute atomic E-state index is 0.265. The minimum atomic E-state index is -0.880. The maximum atomic E-state index is 10.9. The lowest BCUT2D eigenvalue weighted by Gasteiger charge is -2.06. The van der Waals surface area contributed by atoms with Crippen molar-refractivity contribution in [3.8, 4) is 0 Å². The third-order valence-corrected chi connectivity index (χ3v) is 2.21. The second kappa shape index (κ2) is 9.00. The van der Waals surface area contributed by atoms with E-state index in [2.05, 4.69) is 12.2 Å². The lowest BCUT2D eigenvalue weighted by atomic mass is 10.1. The summed E-state index contributed by atoms with van der Waals surface area (Å²) < 4.78 is 0. The Hall–Kier alpha value is -0.570. The van der Waals surface area contributed by atoms with Gasteiger partial charge in [0.25, 0.3) is 0 Å². The van der Waals surface area contributed by atoms with Crippen LogP contribution in [0, 0.1) is 0 Å². The van der Waals surface area contributed by atoms with E-state index in [1.165, 1.54) is 39.0 Å². The number of unbranched alkanes of at least 4 members (excludes halogenated alkanes) is 5. The van der Waals surface area contributed by atoms with Crippen LogP contribution in [0.25, 0.3) is 0 Å². The van der Waals surface area contributed by atoms with Gasteiger partial charge in [0, 0.05) is 6.54 Å². The second-order valence-electron chi connectivity index (χ2n) is 3.73. The number of amides is 1. The Balaban J connectivity index is 3.10. The van der Waals surface area contributed by atoms with E-state index in [1.54, 1.807) is 0 Å². The molecule has 0 radical (unpaired) electrons. The van der Waals surface area contributed by atoms with E-state index in [0.717, 1.165) is 6.42 Å². The summed E-state index contributed by atoms with van der Waals surface area (Å²) in [6, 6.07) is 0. The van der Waals surface area contributed by atoms with Crippen LogP contribution in [-0.2, 0) is 4.79 Å². The van der Waals surface area contributed by atoms with Gasteiger partial charge >= 0.3 is 0 Å². The molecule has 1 amide bonds. The minimum Gasteiger partial charge on any atom is -0.384 e. The van der Waals surface area contributed by atoms with Crippen LogP contribution in [0.4, 0.5) is 0 Å². The number of rotatable bonds is 8. The zero-order chi connectivity index (χ0) is 10.8. The van der Waals surface area contributed by atoms with Crippen LogP contribution in [0.15, 0.2) is 0 Å². The Morgan fingerprint density at radius 3 is 2.36 bits per heavy atom. The number of carbonyl (C=O) groups is 1. The van der Waals surface area contributed by atoms with Crippen molar-refractivity contribution >= 4 is 5.91 Å². The number of hydrogen-bond donors (Lipinski definition) is 2. The molecule has 0 aromatic carbocycles. The lowest BCUT2D eigenvalue weighted by molar-refractivity contribution is -0.128. The van der Waals surface area contributed by atoms with Crippen LogP contribution >= 0.6 is 0 Å². The first-order valence-electron chi connectivity index (χ1n) is 5.64. The zero-order valence-corrected chi connectivity index (χ0v) is 9.38. The first-order valence-corrected chi connectivity index (χ1v) is 5.64. The van der Waals surface area contributed by atoms with Crippen molar-refractivity contribution in [3.05, 3.63) is 0 Å². The van der Waals surface area contributed by atoms with Crippen LogP contribution in [-0.4, -0.2) is 23.7 Å². The highest BCUT2D eigenvalue weighted by atomic mass is 16.3. The highest BCUT2D eigenvalue weighted by Crippen LogP contribution is 2.03. The van der Waals surface area contributed by atoms with Crippen LogP contribution < -0.4 is 5.32 Å². The summed E-state index contributed by atoms with van der Waals surface area (Å²) >= 11 is 0. The van der Waals surface area contributed by atoms with Gasteiger partial charge in [-0.05, 0) is 13.3 Å². The molecule has 0 heterocycles. The molecule has 0 aromatic rings. The van der Waals surface area contributed by atoms with Gasteiger partial charge in [-0.15, -0.1) is 0 Å². The van der Waals surface area contributed by atoms with E-state index >= 15 is 0 Å². The molecule has 0 fully saturated rings. The molecule has 84 valence electrons. The third kappa shape index (κ3) is 8.05. The maximum Gasteiger partial charge on any atom is 0.248 e. The fourth-order valence-electron chi connectivity index (χ4n) is 1.26. The molecule has 0 aliphatic heterocycles. The van der Waals surface area contributed by atoms with E-state index in [0.29, 0.717) is 6.54 Å². The van der Waals surface area contributed by atoms with Gasteiger partial charge in [0.15, 0.2) is 0 Å². The molecule has 0 rings (SSSR count). The van der Waals surface area contributed by atoms with Crippen molar-refractivity contribution in [3.63, 3.8) is 0 Å². The van der Waals surface area contributed by atoms with E-state index in [4.69, 9.17) is 5.11 Å². The average Bonchev–Trinajstić information content (AvgIpc) is 2.16. The predicted octanol–water partition coefficient (Wildman–Crippen LogP) is 1.84. The molecule has 0 spiro atoms. The number of hydrogen-bond acceptors (Lipinski definition) is 2. The summed E-state index contributed by atoms with van der Waals surface area (Å²) in [7, 11) is 0. The number of carbonyl (C=O) groups excluding carboxylic acids is 1. The van der Waals surface area contributed by atoms with Crippen molar-refractivity contribution in [2.45, 2.75) is 58.5 Å². The summed E-state index contributed by atoms with van der Waals surface area (Å²) in [5, 5.41) is 11.6. The molecule has 0 unspecified atom stereocenters. The van der Waals surface area contributed by atoms with Crippen molar-refractivity contribution < 1.29 is 9.90 Å². The fraction of sp³-hybridized carbons (Fsp3) is 0.909. The number of aliphatic hydroxyl groups excluding tert-OH is 1. The maximum absolute atomic E-state index is 10.9. The van der Waals surface area contributed by atoms with E-state index < -0.39 is 6.10 Å². The predicted molar refractivity (Wildman–Crippen MR) is 58.1 cm³/mol. The van der Waals surface area contributed by atoms with Gasteiger partial charge in [0.2, 0.25) is 5.91 Å². The quantitative estimate of drug-likeness (QED) is 0.589. The highest BCUT2D eigenvalue weighted by Gasteiger charge is 2.05. The molecule has 0 aliphatic rings.